The van der Waals surface area contributed by atoms with Crippen molar-refractivity contribution in [2.75, 3.05) is 0 Å². The largest absolute Gasteiger partial charge is 0.473 e. The summed E-state index contributed by atoms with van der Waals surface area (Å²) in [6.45, 7) is 3.09. The maximum Gasteiger partial charge on any atom is 0.417 e. The molecule has 2 amide bonds. The number of aromatic nitrogens is 2. The average Bonchev–Trinajstić information content (AvgIpc) is 2.88. The van der Waals surface area contributed by atoms with Gasteiger partial charge in [-0.3, -0.25) is 14.6 Å². The predicted molar refractivity (Wildman–Crippen MR) is 141 cm³/mol. The molecule has 0 saturated carbocycles. The number of amides is 2. The molecule has 3 unspecified atom stereocenters. The Labute approximate surface area is 229 Å². The topological polar surface area (TPSA) is 182 Å². The second-order valence-corrected chi connectivity index (χ2v) is 10.1. The summed E-state index contributed by atoms with van der Waals surface area (Å²) in [6.07, 6.45) is -0.230. The molecule has 2 aromatic carbocycles. The summed E-state index contributed by atoms with van der Waals surface area (Å²) in [6, 6.07) is 11.2. The van der Waals surface area contributed by atoms with E-state index in [1.165, 1.54) is 24.4 Å². The van der Waals surface area contributed by atoms with Crippen molar-refractivity contribution in [2.45, 2.75) is 57.3 Å². The maximum atomic E-state index is 14.0. The third kappa shape index (κ3) is 8.80. The van der Waals surface area contributed by atoms with E-state index in [1.807, 2.05) is 0 Å². The molecule has 3 atom stereocenters. The fourth-order valence-corrected chi connectivity index (χ4v) is 4.17. The van der Waals surface area contributed by atoms with Gasteiger partial charge in [-0.1, -0.05) is 24.3 Å². The lowest BCUT2D eigenvalue weighted by molar-refractivity contribution is -0.169. The zero-order valence-electron chi connectivity index (χ0n) is 22.0. The Morgan fingerprint density at radius 2 is 1.80 bits per heavy atom. The number of halogens is 1. The minimum Gasteiger partial charge on any atom is -0.473 e. The van der Waals surface area contributed by atoms with E-state index in [1.54, 1.807) is 44.2 Å². The molecule has 0 aliphatic carbocycles. The van der Waals surface area contributed by atoms with Crippen molar-refractivity contribution in [1.82, 2.24) is 15.3 Å². The Kier molecular flexibility index (Phi) is 9.83. The van der Waals surface area contributed by atoms with Crippen molar-refractivity contribution in [3.05, 3.63) is 71.8 Å². The van der Waals surface area contributed by atoms with Crippen molar-refractivity contribution < 1.29 is 38.5 Å². The molecule has 1 aromatic heterocycles. The lowest BCUT2D eigenvalue weighted by atomic mass is 9.87. The summed E-state index contributed by atoms with van der Waals surface area (Å²) in [4.78, 5) is 57.6. The number of carbonyl (C=O) groups is 4. The summed E-state index contributed by atoms with van der Waals surface area (Å²) in [7, 11) is 0. The monoisotopic (exact) mass is 554 g/mol. The van der Waals surface area contributed by atoms with Crippen LogP contribution in [0.15, 0.2) is 54.7 Å². The first-order chi connectivity index (χ1) is 18.8. The number of hydrogen-bond acceptors (Lipinski definition) is 8. The van der Waals surface area contributed by atoms with E-state index in [0.717, 1.165) is 0 Å². The van der Waals surface area contributed by atoms with E-state index < -0.39 is 53.2 Å². The average molecular weight is 555 g/mol. The van der Waals surface area contributed by atoms with Crippen LogP contribution in [0.4, 0.5) is 4.39 Å². The molecule has 0 aliphatic heterocycles. The number of carboxylic acids is 1. The normalized spacial score (nSPS) is 13.7. The molecule has 11 nitrogen and oxygen atoms in total. The van der Waals surface area contributed by atoms with Gasteiger partial charge in [0.1, 0.15) is 17.6 Å². The molecular formula is C28H31FN4O7. The van der Waals surface area contributed by atoms with Crippen molar-refractivity contribution >= 4 is 34.8 Å². The summed E-state index contributed by atoms with van der Waals surface area (Å²) in [5, 5.41) is 22.0. The van der Waals surface area contributed by atoms with Gasteiger partial charge in [-0.15, -0.1) is 0 Å². The fraction of sp³-hybridized carbons (Fsp3) is 0.357. The van der Waals surface area contributed by atoms with E-state index in [0.29, 0.717) is 16.6 Å². The van der Waals surface area contributed by atoms with Gasteiger partial charge in [0, 0.05) is 5.92 Å². The first kappa shape index (κ1) is 30.1. The van der Waals surface area contributed by atoms with E-state index in [2.05, 4.69) is 15.3 Å². The van der Waals surface area contributed by atoms with Gasteiger partial charge in [0.25, 0.3) is 5.91 Å². The molecule has 3 rings (SSSR count). The Morgan fingerprint density at radius 3 is 2.42 bits per heavy atom. The lowest BCUT2D eigenvalue weighted by Crippen LogP contribution is -2.49. The molecule has 1 heterocycles. The quantitative estimate of drug-likeness (QED) is 0.193. The SMILES string of the molecule is CC(C)(O)CCC(CC(OC(=O)C(=O)O)C(Cc1cccc(F)c1)NC(=O)c1cnc2ccccc2n1)C(N)=O. The van der Waals surface area contributed by atoms with Crippen molar-refractivity contribution in [2.24, 2.45) is 11.7 Å². The summed E-state index contributed by atoms with van der Waals surface area (Å²) < 4.78 is 19.2. The van der Waals surface area contributed by atoms with Gasteiger partial charge in [0.2, 0.25) is 5.91 Å². The smallest absolute Gasteiger partial charge is 0.417 e. The predicted octanol–water partition coefficient (Wildman–Crippen LogP) is 2.15. The molecule has 0 fully saturated rings. The van der Waals surface area contributed by atoms with Crippen LogP contribution in [0, 0.1) is 11.7 Å². The van der Waals surface area contributed by atoms with E-state index in [-0.39, 0.29) is 31.4 Å². The number of ether oxygens (including phenoxy) is 1. The minimum absolute atomic E-state index is 0.0697. The summed E-state index contributed by atoms with van der Waals surface area (Å²) in [5.74, 6) is -6.49. The Bertz CT molecular complexity index is 1390. The fourth-order valence-electron chi connectivity index (χ4n) is 4.17. The number of rotatable bonds is 12. The highest BCUT2D eigenvalue weighted by Gasteiger charge is 2.34. The van der Waals surface area contributed by atoms with Crippen LogP contribution in [0.1, 0.15) is 49.2 Å². The summed E-state index contributed by atoms with van der Waals surface area (Å²) in [5.41, 5.74) is 5.79. The van der Waals surface area contributed by atoms with E-state index in [9.17, 15) is 33.8 Å². The lowest BCUT2D eigenvalue weighted by Gasteiger charge is -2.30. The highest BCUT2D eigenvalue weighted by atomic mass is 19.1. The first-order valence-corrected chi connectivity index (χ1v) is 12.5. The number of benzene rings is 2. The number of hydrogen-bond donors (Lipinski definition) is 4. The third-order valence-electron chi connectivity index (χ3n) is 6.25. The molecule has 212 valence electrons. The molecule has 0 bridgehead atoms. The number of aliphatic hydroxyl groups is 1. The third-order valence-corrected chi connectivity index (χ3v) is 6.25. The molecule has 5 N–H and O–H groups in total. The molecule has 40 heavy (non-hydrogen) atoms. The number of fused-ring (bicyclic) bond motifs is 1. The highest BCUT2D eigenvalue weighted by Crippen LogP contribution is 2.24. The van der Waals surface area contributed by atoms with Crippen LogP contribution in [-0.4, -0.2) is 61.7 Å². The molecular weight excluding hydrogens is 523 g/mol. The van der Waals surface area contributed by atoms with Crippen LogP contribution >= 0.6 is 0 Å². The molecule has 0 radical (unpaired) electrons. The van der Waals surface area contributed by atoms with Crippen LogP contribution in [0.25, 0.3) is 11.0 Å². The molecule has 3 aromatic rings. The van der Waals surface area contributed by atoms with Gasteiger partial charge in [0.15, 0.2) is 0 Å². The Morgan fingerprint density at radius 1 is 1.10 bits per heavy atom. The number of aliphatic carboxylic acids is 1. The number of nitrogens with one attached hydrogen (secondary N) is 1. The number of primary amides is 1. The number of nitrogens with zero attached hydrogens (tertiary/aromatic N) is 2. The number of nitrogens with two attached hydrogens (primary N) is 1. The highest BCUT2D eigenvalue weighted by molar-refractivity contribution is 6.28. The van der Waals surface area contributed by atoms with Gasteiger partial charge in [-0.05, 0) is 69.4 Å². The molecule has 0 spiro atoms. The van der Waals surface area contributed by atoms with Crippen LogP contribution in [0.5, 0.6) is 0 Å². The second kappa shape index (κ2) is 13.1. The molecule has 12 heteroatoms. The van der Waals surface area contributed by atoms with Crippen molar-refractivity contribution in [1.29, 1.82) is 0 Å². The van der Waals surface area contributed by atoms with Crippen LogP contribution in [0.2, 0.25) is 0 Å². The second-order valence-electron chi connectivity index (χ2n) is 10.1. The van der Waals surface area contributed by atoms with Gasteiger partial charge < -0.3 is 26.0 Å². The molecule has 0 saturated heterocycles. The minimum atomic E-state index is -1.88. The van der Waals surface area contributed by atoms with Gasteiger partial charge >= 0.3 is 11.9 Å². The standard InChI is InChI=1S/C28H31FN4O7/c1-28(2,39)11-10-17(24(30)34)14-23(40-27(38)26(36)37)21(13-16-6-5-7-18(29)12-16)33-25(35)22-15-31-19-8-3-4-9-20(19)32-22/h3-9,12,15,17,21,23,39H,10-11,13-14H2,1-2H3,(H2,30,34)(H,33,35)(H,36,37). The number of carbonyl (C=O) groups excluding carboxylic acids is 3. The number of para-hydroxylation sites is 2. The Balaban J connectivity index is 1.98. The van der Waals surface area contributed by atoms with Crippen LogP contribution in [-0.2, 0) is 25.5 Å². The van der Waals surface area contributed by atoms with Gasteiger partial charge in [-0.2, -0.15) is 0 Å². The zero-order chi connectivity index (χ0) is 29.4. The zero-order valence-corrected chi connectivity index (χ0v) is 22.0. The molecule has 0 aliphatic rings. The van der Waals surface area contributed by atoms with E-state index in [4.69, 9.17) is 10.5 Å². The van der Waals surface area contributed by atoms with Gasteiger partial charge in [-0.25, -0.2) is 19.0 Å². The maximum absolute atomic E-state index is 14.0. The van der Waals surface area contributed by atoms with E-state index >= 15 is 0 Å². The number of carboxylic acid groups (broad SMARTS) is 1. The Hall–Kier alpha value is -4.45. The van der Waals surface area contributed by atoms with Crippen LogP contribution in [0.3, 0.4) is 0 Å². The first-order valence-electron chi connectivity index (χ1n) is 12.5. The summed E-state index contributed by atoms with van der Waals surface area (Å²) >= 11 is 0. The van der Waals surface area contributed by atoms with Crippen LogP contribution < -0.4 is 11.1 Å². The van der Waals surface area contributed by atoms with Gasteiger partial charge in [0.05, 0.1) is 28.9 Å². The van der Waals surface area contributed by atoms with Crippen molar-refractivity contribution in [3.63, 3.8) is 0 Å². The number of esters is 1. The van der Waals surface area contributed by atoms with Crippen molar-refractivity contribution in [3.8, 4) is 0 Å².